The van der Waals surface area contributed by atoms with E-state index in [1.165, 1.54) is 31.4 Å². The van der Waals surface area contributed by atoms with Gasteiger partial charge in [0.2, 0.25) is 0 Å². The zero-order valence-electron chi connectivity index (χ0n) is 10.0. The Bertz CT molecular complexity index is 296. The SMILES string of the molecule is CN(Cc1cnc[nH]1)C1CCCCC1CN. The van der Waals surface area contributed by atoms with Crippen molar-refractivity contribution in [3.63, 3.8) is 0 Å². The topological polar surface area (TPSA) is 57.9 Å². The van der Waals surface area contributed by atoms with Crippen LogP contribution in [0.2, 0.25) is 0 Å². The molecule has 0 bridgehead atoms. The lowest BCUT2D eigenvalue weighted by Gasteiger charge is -2.37. The summed E-state index contributed by atoms with van der Waals surface area (Å²) in [7, 11) is 2.19. The lowest BCUT2D eigenvalue weighted by molar-refractivity contribution is 0.126. The van der Waals surface area contributed by atoms with E-state index >= 15 is 0 Å². The first-order valence-electron chi connectivity index (χ1n) is 6.19. The minimum absolute atomic E-state index is 0.641. The fourth-order valence-electron chi connectivity index (χ4n) is 2.80. The van der Waals surface area contributed by atoms with Gasteiger partial charge < -0.3 is 10.7 Å². The molecular weight excluding hydrogens is 200 g/mol. The highest BCUT2D eigenvalue weighted by Gasteiger charge is 2.27. The summed E-state index contributed by atoms with van der Waals surface area (Å²) in [5, 5.41) is 0. The number of aromatic amines is 1. The highest BCUT2D eigenvalue weighted by Crippen LogP contribution is 2.27. The van der Waals surface area contributed by atoms with Gasteiger partial charge in [-0.3, -0.25) is 4.90 Å². The molecule has 3 N–H and O–H groups in total. The van der Waals surface area contributed by atoms with Gasteiger partial charge in [-0.25, -0.2) is 4.98 Å². The second-order valence-corrected chi connectivity index (χ2v) is 4.84. The average Bonchev–Trinajstić information content (AvgIpc) is 2.81. The Morgan fingerprint density at radius 3 is 3.00 bits per heavy atom. The second-order valence-electron chi connectivity index (χ2n) is 4.84. The van der Waals surface area contributed by atoms with Crippen molar-refractivity contribution in [3.05, 3.63) is 18.2 Å². The molecule has 0 aromatic carbocycles. The average molecular weight is 222 g/mol. The molecule has 0 radical (unpaired) electrons. The van der Waals surface area contributed by atoms with E-state index in [2.05, 4.69) is 21.9 Å². The van der Waals surface area contributed by atoms with Gasteiger partial charge in [0.05, 0.1) is 6.33 Å². The Kier molecular flexibility index (Phi) is 3.96. The van der Waals surface area contributed by atoms with Crippen molar-refractivity contribution in [1.82, 2.24) is 14.9 Å². The number of hydrogen-bond acceptors (Lipinski definition) is 3. The summed E-state index contributed by atoms with van der Waals surface area (Å²) in [6, 6.07) is 0.641. The van der Waals surface area contributed by atoms with E-state index in [0.717, 1.165) is 13.1 Å². The molecule has 1 aromatic heterocycles. The van der Waals surface area contributed by atoms with Gasteiger partial charge in [-0.15, -0.1) is 0 Å². The lowest BCUT2D eigenvalue weighted by Crippen LogP contribution is -2.42. The van der Waals surface area contributed by atoms with Crippen LogP contribution in [0.25, 0.3) is 0 Å². The minimum Gasteiger partial charge on any atom is -0.347 e. The molecule has 1 aliphatic carbocycles. The van der Waals surface area contributed by atoms with E-state index in [4.69, 9.17) is 5.73 Å². The Morgan fingerprint density at radius 1 is 1.50 bits per heavy atom. The third-order valence-electron chi connectivity index (χ3n) is 3.71. The third kappa shape index (κ3) is 2.62. The highest BCUT2D eigenvalue weighted by molar-refractivity contribution is 4.95. The molecule has 2 atom stereocenters. The van der Waals surface area contributed by atoms with Crippen LogP contribution in [0.5, 0.6) is 0 Å². The maximum Gasteiger partial charge on any atom is 0.0922 e. The number of nitrogens with two attached hydrogens (primary N) is 1. The Labute approximate surface area is 97.2 Å². The number of nitrogens with one attached hydrogen (secondary N) is 1. The molecule has 1 aliphatic rings. The van der Waals surface area contributed by atoms with E-state index in [1.807, 2.05) is 6.20 Å². The molecule has 1 fully saturated rings. The lowest BCUT2D eigenvalue weighted by atomic mass is 9.83. The molecule has 90 valence electrons. The summed E-state index contributed by atoms with van der Waals surface area (Å²) in [6.07, 6.45) is 8.90. The van der Waals surface area contributed by atoms with Gasteiger partial charge in [0.1, 0.15) is 0 Å². The van der Waals surface area contributed by atoms with Gasteiger partial charge in [0.15, 0.2) is 0 Å². The molecule has 4 nitrogen and oxygen atoms in total. The Balaban J connectivity index is 1.94. The van der Waals surface area contributed by atoms with Gasteiger partial charge in [-0.2, -0.15) is 0 Å². The molecule has 0 spiro atoms. The first-order valence-corrected chi connectivity index (χ1v) is 6.19. The van der Waals surface area contributed by atoms with E-state index in [0.29, 0.717) is 12.0 Å². The monoisotopic (exact) mass is 222 g/mol. The third-order valence-corrected chi connectivity index (χ3v) is 3.71. The van der Waals surface area contributed by atoms with Crippen LogP contribution in [0.3, 0.4) is 0 Å². The molecule has 2 rings (SSSR count). The quantitative estimate of drug-likeness (QED) is 0.808. The number of hydrogen-bond donors (Lipinski definition) is 2. The van der Waals surface area contributed by atoms with Gasteiger partial charge >= 0.3 is 0 Å². The number of aromatic nitrogens is 2. The molecule has 0 saturated heterocycles. The molecule has 1 aromatic rings. The van der Waals surface area contributed by atoms with Crippen molar-refractivity contribution in [2.45, 2.75) is 38.3 Å². The minimum atomic E-state index is 0.641. The molecule has 1 heterocycles. The van der Waals surface area contributed by atoms with Crippen LogP contribution in [-0.2, 0) is 6.54 Å². The molecular formula is C12H22N4. The smallest absolute Gasteiger partial charge is 0.0922 e. The van der Waals surface area contributed by atoms with Crippen LogP contribution in [0.15, 0.2) is 12.5 Å². The van der Waals surface area contributed by atoms with Crippen molar-refractivity contribution < 1.29 is 0 Å². The molecule has 0 amide bonds. The number of nitrogens with zero attached hydrogens (tertiary/aromatic N) is 2. The maximum atomic E-state index is 5.86. The van der Waals surface area contributed by atoms with Crippen LogP contribution in [-0.4, -0.2) is 34.5 Å². The largest absolute Gasteiger partial charge is 0.347 e. The number of H-pyrrole nitrogens is 1. The molecule has 2 unspecified atom stereocenters. The normalized spacial score (nSPS) is 26.2. The molecule has 1 saturated carbocycles. The van der Waals surface area contributed by atoms with Crippen LogP contribution >= 0.6 is 0 Å². The van der Waals surface area contributed by atoms with Gasteiger partial charge in [0, 0.05) is 24.5 Å². The van der Waals surface area contributed by atoms with E-state index in [1.54, 1.807) is 6.33 Å². The maximum absolute atomic E-state index is 5.86. The molecule has 4 heteroatoms. The van der Waals surface area contributed by atoms with Crippen molar-refractivity contribution in [1.29, 1.82) is 0 Å². The van der Waals surface area contributed by atoms with E-state index in [9.17, 15) is 0 Å². The van der Waals surface area contributed by atoms with Gasteiger partial charge in [-0.1, -0.05) is 12.8 Å². The van der Waals surface area contributed by atoms with E-state index < -0.39 is 0 Å². The summed E-state index contributed by atoms with van der Waals surface area (Å²) >= 11 is 0. The second kappa shape index (κ2) is 5.46. The fourth-order valence-corrected chi connectivity index (χ4v) is 2.80. The van der Waals surface area contributed by atoms with Crippen molar-refractivity contribution in [2.24, 2.45) is 11.7 Å². The summed E-state index contributed by atoms with van der Waals surface area (Å²) in [5.41, 5.74) is 7.04. The number of rotatable bonds is 4. The standard InChI is InChI=1S/C12H22N4/c1-16(8-11-7-14-9-15-11)12-5-3-2-4-10(12)6-13/h7,9-10,12H,2-6,8,13H2,1H3,(H,14,15). The summed E-state index contributed by atoms with van der Waals surface area (Å²) < 4.78 is 0. The fraction of sp³-hybridized carbons (Fsp3) is 0.750. The van der Waals surface area contributed by atoms with Gasteiger partial charge in [0.25, 0.3) is 0 Å². The Hall–Kier alpha value is -0.870. The highest BCUT2D eigenvalue weighted by atomic mass is 15.1. The van der Waals surface area contributed by atoms with Crippen LogP contribution in [0.1, 0.15) is 31.4 Å². The zero-order valence-corrected chi connectivity index (χ0v) is 10.0. The molecule has 16 heavy (non-hydrogen) atoms. The van der Waals surface area contributed by atoms with Crippen LogP contribution < -0.4 is 5.73 Å². The predicted octanol–water partition coefficient (Wildman–Crippen LogP) is 1.36. The predicted molar refractivity (Wildman–Crippen MR) is 64.9 cm³/mol. The van der Waals surface area contributed by atoms with Crippen molar-refractivity contribution in [2.75, 3.05) is 13.6 Å². The zero-order chi connectivity index (χ0) is 11.4. The van der Waals surface area contributed by atoms with Crippen LogP contribution in [0.4, 0.5) is 0 Å². The molecule has 0 aliphatic heterocycles. The first kappa shape index (κ1) is 11.6. The van der Waals surface area contributed by atoms with Crippen LogP contribution in [0, 0.1) is 5.92 Å². The van der Waals surface area contributed by atoms with Crippen molar-refractivity contribution >= 4 is 0 Å². The summed E-state index contributed by atoms with van der Waals surface area (Å²) in [6.45, 7) is 1.76. The first-order chi connectivity index (χ1) is 7.81. The van der Waals surface area contributed by atoms with E-state index in [-0.39, 0.29) is 0 Å². The summed E-state index contributed by atoms with van der Waals surface area (Å²) in [4.78, 5) is 9.63. The summed E-state index contributed by atoms with van der Waals surface area (Å²) in [5.74, 6) is 0.668. The van der Waals surface area contributed by atoms with Crippen molar-refractivity contribution in [3.8, 4) is 0 Å². The Morgan fingerprint density at radius 2 is 2.31 bits per heavy atom. The van der Waals surface area contributed by atoms with Gasteiger partial charge in [-0.05, 0) is 32.4 Å². The number of imidazole rings is 1.